The highest BCUT2D eigenvalue weighted by atomic mass is 19.4. The van der Waals surface area contributed by atoms with E-state index in [1.807, 2.05) is 0 Å². The van der Waals surface area contributed by atoms with Crippen molar-refractivity contribution in [3.8, 4) is 0 Å². The van der Waals surface area contributed by atoms with Gasteiger partial charge in [0, 0.05) is 5.57 Å². The molecule has 1 aliphatic rings. The second kappa shape index (κ2) is 9.28. The average Bonchev–Trinajstić information content (AvgIpc) is 3.13. The maximum Gasteiger partial charge on any atom is 0.416 e. The first-order valence-electron chi connectivity index (χ1n) is 9.81. The largest absolute Gasteiger partial charge is 0.439 e. The SMILES string of the molecule is C\C=C/C(=C\C(=C\CC)C(F)(F)F)c1nc2c(o1)C(Nc1ccc(F)cn1)CCC2. The molecule has 0 radical (unpaired) electrons. The molecular weight excluding hydrogens is 398 g/mol. The summed E-state index contributed by atoms with van der Waals surface area (Å²) in [7, 11) is 0. The van der Waals surface area contributed by atoms with Gasteiger partial charge in [0.1, 0.15) is 17.4 Å². The van der Waals surface area contributed by atoms with Gasteiger partial charge in [-0.2, -0.15) is 13.2 Å². The molecule has 0 fully saturated rings. The van der Waals surface area contributed by atoms with Crippen LogP contribution >= 0.6 is 0 Å². The van der Waals surface area contributed by atoms with Gasteiger partial charge in [0.25, 0.3) is 0 Å². The predicted octanol–water partition coefficient (Wildman–Crippen LogP) is 6.56. The van der Waals surface area contributed by atoms with Crippen molar-refractivity contribution in [2.75, 3.05) is 5.32 Å². The minimum Gasteiger partial charge on any atom is -0.439 e. The third-order valence-corrected chi connectivity index (χ3v) is 4.66. The lowest BCUT2D eigenvalue weighted by Crippen LogP contribution is -2.17. The third-order valence-electron chi connectivity index (χ3n) is 4.66. The Morgan fingerprint density at radius 2 is 2.13 bits per heavy atom. The van der Waals surface area contributed by atoms with Gasteiger partial charge in [-0.1, -0.05) is 25.2 Å². The normalized spacial score (nSPS) is 18.0. The van der Waals surface area contributed by atoms with E-state index in [4.69, 9.17) is 4.42 Å². The molecule has 1 unspecified atom stereocenters. The first-order chi connectivity index (χ1) is 14.3. The molecule has 4 nitrogen and oxygen atoms in total. The van der Waals surface area contributed by atoms with Gasteiger partial charge in [-0.15, -0.1) is 0 Å². The van der Waals surface area contributed by atoms with E-state index in [1.165, 1.54) is 12.1 Å². The van der Waals surface area contributed by atoms with E-state index in [2.05, 4.69) is 15.3 Å². The molecule has 8 heteroatoms. The van der Waals surface area contributed by atoms with E-state index in [-0.39, 0.29) is 23.9 Å². The van der Waals surface area contributed by atoms with Crippen LogP contribution in [-0.4, -0.2) is 16.1 Å². The Morgan fingerprint density at radius 1 is 1.33 bits per heavy atom. The summed E-state index contributed by atoms with van der Waals surface area (Å²) in [6.45, 7) is 3.37. The molecule has 2 aromatic heterocycles. The summed E-state index contributed by atoms with van der Waals surface area (Å²) in [6.07, 6.45) is 4.56. The minimum absolute atomic E-state index is 0.144. The van der Waals surface area contributed by atoms with Gasteiger partial charge in [-0.05, 0) is 50.8 Å². The monoisotopic (exact) mass is 421 g/mol. The quantitative estimate of drug-likeness (QED) is 0.424. The molecule has 0 aromatic carbocycles. The van der Waals surface area contributed by atoms with Gasteiger partial charge in [0.15, 0.2) is 0 Å². The van der Waals surface area contributed by atoms with E-state index in [0.717, 1.165) is 31.2 Å². The second-order valence-corrected chi connectivity index (χ2v) is 6.95. The summed E-state index contributed by atoms with van der Waals surface area (Å²) in [5, 5.41) is 3.19. The smallest absolute Gasteiger partial charge is 0.416 e. The van der Waals surface area contributed by atoms with Crippen LogP contribution in [-0.2, 0) is 6.42 Å². The number of oxazole rings is 1. The zero-order valence-electron chi connectivity index (χ0n) is 16.8. The number of fused-ring (bicyclic) bond motifs is 1. The summed E-state index contributed by atoms with van der Waals surface area (Å²) >= 11 is 0. The molecule has 160 valence electrons. The lowest BCUT2D eigenvalue weighted by atomic mass is 9.97. The minimum atomic E-state index is -4.46. The van der Waals surface area contributed by atoms with Gasteiger partial charge >= 0.3 is 6.18 Å². The molecule has 0 aliphatic heterocycles. The molecule has 1 N–H and O–H groups in total. The molecular formula is C22H23F4N3O. The number of aryl methyl sites for hydroxylation is 1. The molecule has 30 heavy (non-hydrogen) atoms. The highest BCUT2D eigenvalue weighted by Crippen LogP contribution is 2.36. The maximum atomic E-state index is 13.4. The number of rotatable bonds is 6. The lowest BCUT2D eigenvalue weighted by molar-refractivity contribution is -0.0883. The van der Waals surface area contributed by atoms with Gasteiger partial charge < -0.3 is 9.73 Å². The van der Waals surface area contributed by atoms with E-state index >= 15 is 0 Å². The van der Waals surface area contributed by atoms with Crippen LogP contribution in [0.15, 0.2) is 52.6 Å². The Morgan fingerprint density at radius 3 is 2.77 bits per heavy atom. The fourth-order valence-electron chi connectivity index (χ4n) is 3.33. The molecule has 2 aromatic rings. The van der Waals surface area contributed by atoms with Crippen LogP contribution in [0.25, 0.3) is 5.57 Å². The highest BCUT2D eigenvalue weighted by Gasteiger charge is 2.33. The van der Waals surface area contributed by atoms with Crippen molar-refractivity contribution in [3.63, 3.8) is 0 Å². The Balaban J connectivity index is 1.95. The van der Waals surface area contributed by atoms with Crippen LogP contribution in [0.2, 0.25) is 0 Å². The van der Waals surface area contributed by atoms with Crippen LogP contribution in [0, 0.1) is 5.82 Å². The van der Waals surface area contributed by atoms with Crippen molar-refractivity contribution in [1.29, 1.82) is 0 Å². The fourth-order valence-corrected chi connectivity index (χ4v) is 3.33. The summed E-state index contributed by atoms with van der Waals surface area (Å²) in [6, 6.07) is 2.58. The van der Waals surface area contributed by atoms with Gasteiger partial charge in [0.2, 0.25) is 5.89 Å². The van der Waals surface area contributed by atoms with E-state index in [9.17, 15) is 17.6 Å². The summed E-state index contributed by atoms with van der Waals surface area (Å²) in [5.74, 6) is 0.770. The van der Waals surface area contributed by atoms with E-state index < -0.39 is 17.6 Å². The molecule has 1 aliphatic carbocycles. The van der Waals surface area contributed by atoms with Crippen molar-refractivity contribution < 1.29 is 22.0 Å². The Bertz CT molecular complexity index is 956. The molecule has 0 saturated heterocycles. The summed E-state index contributed by atoms with van der Waals surface area (Å²) in [4.78, 5) is 8.47. The number of nitrogens with one attached hydrogen (secondary N) is 1. The number of pyridine rings is 1. The number of allylic oxidation sites excluding steroid dienone is 6. The highest BCUT2D eigenvalue weighted by molar-refractivity contribution is 5.71. The van der Waals surface area contributed by atoms with Crippen molar-refractivity contribution in [1.82, 2.24) is 9.97 Å². The summed E-state index contributed by atoms with van der Waals surface area (Å²) in [5.41, 5.74) is 0.223. The first kappa shape index (κ1) is 21.8. The molecule has 0 spiro atoms. The van der Waals surface area contributed by atoms with Crippen LogP contribution < -0.4 is 5.32 Å². The standard InChI is InChI=1S/C22H23F4N3O/c1-3-6-14(12-15(7-4-2)22(24,25)26)21-29-18-9-5-8-17(20(18)30-21)28-19-11-10-16(23)13-27-19/h3,6-7,10-13,17H,4-5,8-9H2,1-2H3,(H,27,28)/b6-3-,14-12+,15-7-. The lowest BCUT2D eigenvalue weighted by Gasteiger charge is -2.21. The average molecular weight is 421 g/mol. The zero-order valence-corrected chi connectivity index (χ0v) is 16.8. The molecule has 1 atom stereocenters. The third kappa shape index (κ3) is 5.17. The van der Waals surface area contributed by atoms with Crippen LogP contribution in [0.5, 0.6) is 0 Å². The first-order valence-corrected chi connectivity index (χ1v) is 9.81. The molecule has 0 amide bonds. The van der Waals surface area contributed by atoms with Gasteiger partial charge in [0.05, 0.1) is 23.5 Å². The molecule has 2 heterocycles. The molecule has 0 saturated carbocycles. The molecule has 3 rings (SSSR count). The topological polar surface area (TPSA) is 51.0 Å². The Kier molecular flexibility index (Phi) is 6.74. The van der Waals surface area contributed by atoms with Crippen molar-refractivity contribution in [2.45, 2.75) is 51.7 Å². The van der Waals surface area contributed by atoms with Crippen LogP contribution in [0.4, 0.5) is 23.4 Å². The van der Waals surface area contributed by atoms with E-state index in [0.29, 0.717) is 23.7 Å². The number of anilines is 1. The summed E-state index contributed by atoms with van der Waals surface area (Å²) < 4.78 is 59.1. The Hall–Kier alpha value is -2.90. The zero-order chi connectivity index (χ0) is 21.7. The number of nitrogens with zero attached hydrogens (tertiary/aromatic N) is 2. The number of halogens is 4. The second-order valence-electron chi connectivity index (χ2n) is 6.95. The van der Waals surface area contributed by atoms with Crippen molar-refractivity contribution >= 4 is 11.4 Å². The maximum absolute atomic E-state index is 13.4. The number of hydrogen-bond donors (Lipinski definition) is 1. The predicted molar refractivity (Wildman–Crippen MR) is 107 cm³/mol. The van der Waals surface area contributed by atoms with Crippen LogP contribution in [0.3, 0.4) is 0 Å². The van der Waals surface area contributed by atoms with Crippen molar-refractivity contribution in [3.05, 3.63) is 71.4 Å². The van der Waals surface area contributed by atoms with Gasteiger partial charge in [-0.3, -0.25) is 0 Å². The van der Waals surface area contributed by atoms with Gasteiger partial charge in [-0.25, -0.2) is 14.4 Å². The van der Waals surface area contributed by atoms with E-state index in [1.54, 1.807) is 26.0 Å². The Labute approximate surface area is 172 Å². The fraction of sp³-hybridized carbons (Fsp3) is 0.364. The molecule has 0 bridgehead atoms. The number of alkyl halides is 3. The number of aromatic nitrogens is 2. The number of hydrogen-bond acceptors (Lipinski definition) is 4. The van der Waals surface area contributed by atoms with Crippen LogP contribution in [0.1, 0.15) is 56.5 Å². The van der Waals surface area contributed by atoms with Crippen molar-refractivity contribution in [2.24, 2.45) is 0 Å².